The number of nitro groups is 1. The lowest BCUT2D eigenvalue weighted by Crippen LogP contribution is -2.33. The van der Waals surface area contributed by atoms with Crippen molar-refractivity contribution in [1.82, 2.24) is 10.4 Å². The van der Waals surface area contributed by atoms with Crippen molar-refractivity contribution < 1.29 is 14.5 Å². The first-order valence-electron chi connectivity index (χ1n) is 8.12. The Morgan fingerprint density at radius 1 is 1.26 bits per heavy atom. The molecule has 1 unspecified atom stereocenters. The molecule has 1 N–H and O–H groups in total. The van der Waals surface area contributed by atoms with Crippen LogP contribution in [0.2, 0.25) is 0 Å². The molecule has 3 rings (SSSR count). The fraction of sp³-hybridized carbons (Fsp3) is 0.105. The van der Waals surface area contributed by atoms with Crippen LogP contribution >= 0.6 is 0 Å². The van der Waals surface area contributed by atoms with Gasteiger partial charge in [-0.25, -0.2) is 5.43 Å². The Bertz CT molecular complexity index is 1010. The van der Waals surface area contributed by atoms with Crippen LogP contribution in [0.1, 0.15) is 12.5 Å². The molecule has 8 heteroatoms. The molecule has 0 spiro atoms. The number of hydrogen-bond acceptors (Lipinski definition) is 6. The van der Waals surface area contributed by atoms with Crippen LogP contribution in [-0.2, 0) is 4.79 Å². The number of ether oxygens (including phenoxy) is 1. The molecular weight excluding hydrogens is 348 g/mol. The van der Waals surface area contributed by atoms with Crippen molar-refractivity contribution in [2.75, 3.05) is 0 Å². The van der Waals surface area contributed by atoms with Gasteiger partial charge in [-0.2, -0.15) is 5.10 Å². The lowest BCUT2D eigenvalue weighted by Gasteiger charge is -2.14. The second kappa shape index (κ2) is 8.05. The number of amides is 1. The van der Waals surface area contributed by atoms with Crippen LogP contribution in [0.25, 0.3) is 10.9 Å². The topological polar surface area (TPSA) is 107 Å². The molecule has 1 atom stereocenters. The van der Waals surface area contributed by atoms with Crippen LogP contribution in [0.15, 0.2) is 65.9 Å². The highest BCUT2D eigenvalue weighted by atomic mass is 16.6. The number of non-ortho nitro benzene ring substituents is 1. The van der Waals surface area contributed by atoms with Crippen molar-refractivity contribution in [3.63, 3.8) is 0 Å². The molecule has 136 valence electrons. The Morgan fingerprint density at radius 3 is 2.85 bits per heavy atom. The number of hydrazone groups is 1. The minimum atomic E-state index is -0.806. The fourth-order valence-electron chi connectivity index (χ4n) is 2.40. The Labute approximate surface area is 154 Å². The molecule has 1 amide bonds. The number of carbonyl (C=O) groups excluding carboxylic acids is 1. The number of benzene rings is 2. The van der Waals surface area contributed by atoms with Gasteiger partial charge in [0.15, 0.2) is 6.10 Å². The molecular formula is C19H16N4O4. The number of carbonyl (C=O) groups is 1. The summed E-state index contributed by atoms with van der Waals surface area (Å²) in [5.41, 5.74) is 3.48. The van der Waals surface area contributed by atoms with E-state index in [1.54, 1.807) is 31.3 Å². The van der Waals surface area contributed by atoms with E-state index in [0.717, 1.165) is 5.39 Å². The van der Waals surface area contributed by atoms with Crippen LogP contribution in [0.3, 0.4) is 0 Å². The number of nitrogens with one attached hydrogen (secondary N) is 1. The van der Waals surface area contributed by atoms with E-state index < -0.39 is 16.9 Å². The van der Waals surface area contributed by atoms with Gasteiger partial charge in [0.25, 0.3) is 11.6 Å². The molecule has 0 saturated heterocycles. The average molecular weight is 364 g/mol. The van der Waals surface area contributed by atoms with Crippen LogP contribution < -0.4 is 10.2 Å². The van der Waals surface area contributed by atoms with Gasteiger partial charge in [0.05, 0.1) is 11.1 Å². The lowest BCUT2D eigenvalue weighted by atomic mass is 10.2. The molecule has 27 heavy (non-hydrogen) atoms. The van der Waals surface area contributed by atoms with Gasteiger partial charge in [0, 0.05) is 29.3 Å². The van der Waals surface area contributed by atoms with Crippen molar-refractivity contribution in [2.24, 2.45) is 5.10 Å². The molecule has 8 nitrogen and oxygen atoms in total. The first-order chi connectivity index (χ1) is 13.0. The molecule has 0 radical (unpaired) electrons. The van der Waals surface area contributed by atoms with E-state index in [9.17, 15) is 14.9 Å². The first kappa shape index (κ1) is 18.0. The van der Waals surface area contributed by atoms with Crippen molar-refractivity contribution in [3.05, 3.63) is 76.5 Å². The van der Waals surface area contributed by atoms with E-state index in [4.69, 9.17) is 4.74 Å². The summed E-state index contributed by atoms with van der Waals surface area (Å²) in [6, 6.07) is 15.1. The maximum atomic E-state index is 12.2. The van der Waals surface area contributed by atoms with Gasteiger partial charge in [-0.15, -0.1) is 0 Å². The smallest absolute Gasteiger partial charge is 0.280 e. The Hall–Kier alpha value is -3.81. The molecule has 1 aromatic heterocycles. The molecule has 0 aliphatic rings. The highest BCUT2D eigenvalue weighted by molar-refractivity contribution is 5.87. The Balaban J connectivity index is 1.64. The van der Waals surface area contributed by atoms with E-state index in [-0.39, 0.29) is 5.69 Å². The molecule has 2 aromatic carbocycles. The van der Waals surface area contributed by atoms with Gasteiger partial charge >= 0.3 is 0 Å². The predicted octanol–water partition coefficient (Wildman–Crippen LogP) is 3.06. The lowest BCUT2D eigenvalue weighted by molar-refractivity contribution is -0.384. The molecule has 3 aromatic rings. The summed E-state index contributed by atoms with van der Waals surface area (Å²) < 4.78 is 5.70. The van der Waals surface area contributed by atoms with Crippen molar-refractivity contribution >= 4 is 28.7 Å². The van der Waals surface area contributed by atoms with Crippen molar-refractivity contribution in [3.8, 4) is 5.75 Å². The third kappa shape index (κ3) is 4.43. The molecule has 0 aliphatic heterocycles. The largest absolute Gasteiger partial charge is 0.479 e. The maximum absolute atomic E-state index is 12.2. The normalized spacial score (nSPS) is 12.0. The van der Waals surface area contributed by atoms with Gasteiger partial charge in [0.2, 0.25) is 0 Å². The second-order valence-electron chi connectivity index (χ2n) is 5.68. The van der Waals surface area contributed by atoms with Gasteiger partial charge < -0.3 is 4.74 Å². The van der Waals surface area contributed by atoms with Crippen LogP contribution in [0, 0.1) is 10.1 Å². The summed E-state index contributed by atoms with van der Waals surface area (Å²) in [6.45, 7) is 1.60. The third-order valence-electron chi connectivity index (χ3n) is 3.74. The zero-order valence-electron chi connectivity index (χ0n) is 14.4. The highest BCUT2D eigenvalue weighted by Gasteiger charge is 2.15. The molecule has 0 bridgehead atoms. The zero-order chi connectivity index (χ0) is 19.2. The van der Waals surface area contributed by atoms with Gasteiger partial charge in [-0.05, 0) is 19.1 Å². The first-order valence-corrected chi connectivity index (χ1v) is 8.12. The van der Waals surface area contributed by atoms with E-state index >= 15 is 0 Å². The summed E-state index contributed by atoms with van der Waals surface area (Å²) in [5, 5.41) is 15.5. The zero-order valence-corrected chi connectivity index (χ0v) is 14.4. The number of fused-ring (bicyclic) bond motifs is 1. The quantitative estimate of drug-likeness (QED) is 0.411. The Kier molecular flexibility index (Phi) is 5.36. The minimum Gasteiger partial charge on any atom is -0.479 e. The molecule has 0 saturated carbocycles. The van der Waals surface area contributed by atoms with Gasteiger partial charge in [-0.1, -0.05) is 30.3 Å². The van der Waals surface area contributed by atoms with Crippen LogP contribution in [0.5, 0.6) is 5.75 Å². The number of para-hydroxylation sites is 1. The number of aromatic nitrogens is 1. The minimum absolute atomic E-state index is 0.0505. The third-order valence-corrected chi connectivity index (χ3v) is 3.74. The van der Waals surface area contributed by atoms with Crippen molar-refractivity contribution in [1.29, 1.82) is 0 Å². The predicted molar refractivity (Wildman–Crippen MR) is 101 cm³/mol. The van der Waals surface area contributed by atoms with Crippen molar-refractivity contribution in [2.45, 2.75) is 13.0 Å². The average Bonchev–Trinajstić information content (AvgIpc) is 2.68. The summed E-state index contributed by atoms with van der Waals surface area (Å²) in [4.78, 5) is 26.7. The van der Waals surface area contributed by atoms with Gasteiger partial charge in [-0.3, -0.25) is 19.9 Å². The number of nitro benzene ring substituents is 1. The number of hydrogen-bond donors (Lipinski definition) is 1. The molecule has 0 aliphatic carbocycles. The van der Waals surface area contributed by atoms with Gasteiger partial charge in [0.1, 0.15) is 11.3 Å². The summed E-state index contributed by atoms with van der Waals surface area (Å²) in [6.07, 6.45) is 2.18. The van der Waals surface area contributed by atoms with E-state index in [2.05, 4.69) is 15.5 Å². The summed E-state index contributed by atoms with van der Waals surface area (Å²) >= 11 is 0. The maximum Gasteiger partial charge on any atom is 0.280 e. The van der Waals surface area contributed by atoms with Crippen LogP contribution in [0.4, 0.5) is 5.69 Å². The Morgan fingerprint density at radius 2 is 2.04 bits per heavy atom. The summed E-state index contributed by atoms with van der Waals surface area (Å²) in [5.74, 6) is 0.0445. The standard InChI is InChI=1S/C19H16N4O4/c1-13(27-17-9-3-6-15-7-4-10-20-18(15)17)19(24)22-21-12-14-5-2-8-16(11-14)23(25)26/h2-13H,1H3,(H,22,24). The number of nitrogens with zero attached hydrogens (tertiary/aromatic N) is 3. The van der Waals surface area contributed by atoms with Crippen LogP contribution in [-0.4, -0.2) is 28.1 Å². The second-order valence-corrected chi connectivity index (χ2v) is 5.68. The highest BCUT2D eigenvalue weighted by Crippen LogP contribution is 2.23. The summed E-state index contributed by atoms with van der Waals surface area (Å²) in [7, 11) is 0. The monoisotopic (exact) mass is 364 g/mol. The number of pyridine rings is 1. The van der Waals surface area contributed by atoms with E-state index in [1.807, 2.05) is 24.3 Å². The number of rotatable bonds is 6. The SMILES string of the molecule is CC(Oc1cccc2cccnc12)C(=O)NN=Cc1cccc([N+](=O)[O-])c1. The fourth-order valence-corrected chi connectivity index (χ4v) is 2.40. The molecule has 1 heterocycles. The van der Waals surface area contributed by atoms with E-state index in [0.29, 0.717) is 16.8 Å². The van der Waals surface area contributed by atoms with E-state index in [1.165, 1.54) is 18.3 Å². The molecule has 0 fully saturated rings.